The molecular formula is C27H29ClN6O5S2. The number of aryl methyl sites for hydroxylation is 1. The Bertz CT molecular complexity index is 1610. The largest absolute Gasteiger partial charge is 0.481 e. The number of methoxy groups -OCH3 is 1. The molecule has 3 unspecified atom stereocenters. The maximum Gasteiger partial charge on any atom is 0.261 e. The lowest BCUT2D eigenvalue weighted by Crippen LogP contribution is -2.43. The minimum atomic E-state index is -0.745. The standard InChI is InChI=1S/C27H29ClN6O5S2/c1-15-27(36-3,39-15)17-12-20(40-14-17)24-23-18(29-26-34(23)31-16(2)41-26)6-7-33(24)22(35)13-38-19-4-5-21(30-25(19)28)32-8-10-37-11-9-32/h4-5,12,14-15,24H,6-11,13H2,1-3H3. The van der Waals surface area contributed by atoms with Crippen LogP contribution in [0, 0.1) is 6.92 Å². The number of epoxide rings is 1. The van der Waals surface area contributed by atoms with Gasteiger partial charge in [-0.3, -0.25) is 4.79 Å². The van der Waals surface area contributed by atoms with E-state index in [9.17, 15) is 4.79 Å². The number of aromatic nitrogens is 4. The smallest absolute Gasteiger partial charge is 0.261 e. The number of nitrogens with zero attached hydrogens (tertiary/aromatic N) is 6. The molecule has 0 aliphatic carbocycles. The van der Waals surface area contributed by atoms with Gasteiger partial charge in [0.1, 0.15) is 23.0 Å². The average Bonchev–Trinajstić information content (AvgIpc) is 3.31. The van der Waals surface area contributed by atoms with E-state index in [1.165, 1.54) is 0 Å². The number of ether oxygens (including phenoxy) is 4. The molecular weight excluding hydrogens is 588 g/mol. The summed E-state index contributed by atoms with van der Waals surface area (Å²) in [6.45, 7) is 7.07. The van der Waals surface area contributed by atoms with Crippen molar-refractivity contribution in [2.75, 3.05) is 51.5 Å². The van der Waals surface area contributed by atoms with Gasteiger partial charge >= 0.3 is 0 Å². The molecule has 3 aliphatic heterocycles. The number of fused-ring (bicyclic) bond motifs is 3. The van der Waals surface area contributed by atoms with Crippen LogP contribution in [0.4, 0.5) is 5.82 Å². The molecule has 7 heterocycles. The number of hydrogen-bond acceptors (Lipinski definition) is 11. The van der Waals surface area contributed by atoms with Crippen LogP contribution >= 0.6 is 34.3 Å². The summed E-state index contributed by atoms with van der Waals surface area (Å²) in [5, 5.41) is 7.90. The van der Waals surface area contributed by atoms with Crippen molar-refractivity contribution >= 4 is 51.0 Å². The Balaban J connectivity index is 1.16. The summed E-state index contributed by atoms with van der Waals surface area (Å²) in [6.07, 6.45) is 0.586. The van der Waals surface area contributed by atoms with Crippen molar-refractivity contribution in [1.29, 1.82) is 0 Å². The molecule has 0 spiro atoms. The lowest BCUT2D eigenvalue weighted by molar-refractivity contribution is -0.135. The van der Waals surface area contributed by atoms with Gasteiger partial charge in [0, 0.05) is 43.6 Å². The normalized spacial score (nSPS) is 24.1. The van der Waals surface area contributed by atoms with E-state index in [2.05, 4.69) is 16.0 Å². The average molecular weight is 617 g/mol. The number of halogens is 1. The highest BCUT2D eigenvalue weighted by Gasteiger charge is 2.56. The highest BCUT2D eigenvalue weighted by molar-refractivity contribution is 7.16. The van der Waals surface area contributed by atoms with Crippen LogP contribution in [0.5, 0.6) is 5.75 Å². The molecule has 11 nitrogen and oxygen atoms in total. The number of rotatable bonds is 7. The minimum Gasteiger partial charge on any atom is -0.481 e. The lowest BCUT2D eigenvalue weighted by atomic mass is 9.99. The van der Waals surface area contributed by atoms with E-state index >= 15 is 0 Å². The van der Waals surface area contributed by atoms with Gasteiger partial charge in [-0.2, -0.15) is 5.10 Å². The van der Waals surface area contributed by atoms with Gasteiger partial charge in [0.2, 0.25) is 10.7 Å². The maximum absolute atomic E-state index is 13.8. The quantitative estimate of drug-likeness (QED) is 0.226. The third kappa shape index (κ3) is 4.68. The Morgan fingerprint density at radius 2 is 2.05 bits per heavy atom. The number of thiophene rings is 1. The Morgan fingerprint density at radius 1 is 1.24 bits per heavy atom. The van der Waals surface area contributed by atoms with Crippen LogP contribution in [0.1, 0.15) is 39.8 Å². The molecule has 14 heteroatoms. The highest BCUT2D eigenvalue weighted by Crippen LogP contribution is 2.49. The molecule has 41 heavy (non-hydrogen) atoms. The third-order valence-corrected chi connectivity index (χ3v) is 9.89. The van der Waals surface area contributed by atoms with E-state index < -0.39 is 5.79 Å². The number of morpholine rings is 1. The number of pyridine rings is 1. The topological polar surface area (TPSA) is 107 Å². The molecule has 0 N–H and O–H groups in total. The summed E-state index contributed by atoms with van der Waals surface area (Å²) in [5.41, 5.74) is 2.80. The summed E-state index contributed by atoms with van der Waals surface area (Å²) < 4.78 is 24.8. The molecule has 4 aromatic heterocycles. The number of anilines is 1. The second-order valence-corrected chi connectivity index (χ2v) is 12.7. The van der Waals surface area contributed by atoms with Gasteiger partial charge in [0.25, 0.3) is 5.91 Å². The molecule has 2 fully saturated rings. The van der Waals surface area contributed by atoms with Crippen molar-refractivity contribution < 1.29 is 23.7 Å². The van der Waals surface area contributed by atoms with Crippen LogP contribution in [-0.2, 0) is 31.2 Å². The van der Waals surface area contributed by atoms with Crippen LogP contribution in [0.3, 0.4) is 0 Å². The van der Waals surface area contributed by atoms with E-state index in [1.54, 1.807) is 35.8 Å². The predicted octanol–water partition coefficient (Wildman–Crippen LogP) is 3.82. The summed E-state index contributed by atoms with van der Waals surface area (Å²) in [6, 6.07) is 5.32. The second-order valence-electron chi connectivity index (χ2n) is 10.2. The zero-order valence-electron chi connectivity index (χ0n) is 22.8. The first-order valence-electron chi connectivity index (χ1n) is 13.5. The zero-order valence-corrected chi connectivity index (χ0v) is 25.2. The van der Waals surface area contributed by atoms with Crippen LogP contribution in [-0.4, -0.2) is 83.1 Å². The third-order valence-electron chi connectivity index (χ3n) is 7.81. The van der Waals surface area contributed by atoms with Gasteiger partial charge in [0.05, 0.1) is 24.6 Å². The number of carbonyl (C=O) groups excluding carboxylic acids is 1. The SMILES string of the molecule is COC1(c2csc(C3c4c(nc5sc(C)nn45)CCN3C(=O)COc3ccc(N4CCOCC4)nc3Cl)c2)OC1C. The van der Waals surface area contributed by atoms with Crippen molar-refractivity contribution in [2.45, 2.75) is 38.2 Å². The fourth-order valence-corrected chi connectivity index (χ4v) is 7.70. The Labute approximate surface area is 249 Å². The number of carbonyl (C=O) groups is 1. The minimum absolute atomic E-state index is 0.0427. The van der Waals surface area contributed by atoms with Crippen molar-refractivity contribution in [2.24, 2.45) is 0 Å². The van der Waals surface area contributed by atoms with Gasteiger partial charge in [0.15, 0.2) is 17.5 Å². The molecule has 1 amide bonds. The van der Waals surface area contributed by atoms with Crippen molar-refractivity contribution in [3.8, 4) is 5.75 Å². The van der Waals surface area contributed by atoms with Gasteiger partial charge in [-0.05, 0) is 37.4 Å². The molecule has 2 saturated heterocycles. The van der Waals surface area contributed by atoms with E-state index in [0.29, 0.717) is 31.9 Å². The highest BCUT2D eigenvalue weighted by atomic mass is 35.5. The molecule has 3 atom stereocenters. The lowest BCUT2D eigenvalue weighted by Gasteiger charge is -2.34. The van der Waals surface area contributed by atoms with Crippen LogP contribution in [0.2, 0.25) is 5.15 Å². The number of imidazole rings is 1. The van der Waals surface area contributed by atoms with E-state index in [-0.39, 0.29) is 29.8 Å². The first-order chi connectivity index (χ1) is 19.9. The molecule has 4 aromatic rings. The molecule has 3 aliphatic rings. The maximum atomic E-state index is 13.8. The van der Waals surface area contributed by atoms with Gasteiger partial charge in [-0.15, -0.1) is 11.3 Å². The second kappa shape index (κ2) is 10.5. The van der Waals surface area contributed by atoms with Crippen LogP contribution < -0.4 is 9.64 Å². The van der Waals surface area contributed by atoms with Gasteiger partial charge < -0.3 is 28.7 Å². The molecule has 7 rings (SSSR count). The fraction of sp³-hybridized carbons (Fsp3) is 0.481. The van der Waals surface area contributed by atoms with E-state index in [4.69, 9.17) is 40.6 Å². The van der Waals surface area contributed by atoms with Gasteiger partial charge in [-0.25, -0.2) is 14.5 Å². The summed E-state index contributed by atoms with van der Waals surface area (Å²) in [5.74, 6) is 0.225. The first kappa shape index (κ1) is 27.0. The fourth-order valence-electron chi connectivity index (χ4n) is 5.67. The molecule has 0 saturated carbocycles. The molecule has 0 bridgehead atoms. The molecule has 0 radical (unpaired) electrons. The van der Waals surface area contributed by atoms with E-state index in [1.807, 2.05) is 34.7 Å². The zero-order chi connectivity index (χ0) is 28.3. The van der Waals surface area contributed by atoms with E-state index in [0.717, 1.165) is 50.7 Å². The Morgan fingerprint density at radius 3 is 2.78 bits per heavy atom. The van der Waals surface area contributed by atoms with Crippen molar-refractivity contribution in [1.82, 2.24) is 24.5 Å². The first-order valence-corrected chi connectivity index (χ1v) is 15.5. The number of hydrogen-bond donors (Lipinski definition) is 0. The monoisotopic (exact) mass is 616 g/mol. The Kier molecular flexibility index (Phi) is 6.91. The van der Waals surface area contributed by atoms with Crippen molar-refractivity contribution in [3.63, 3.8) is 0 Å². The van der Waals surface area contributed by atoms with Gasteiger partial charge in [-0.1, -0.05) is 22.9 Å². The summed E-state index contributed by atoms with van der Waals surface area (Å²) in [7, 11) is 1.65. The molecule has 0 aromatic carbocycles. The molecule has 216 valence electrons. The number of amides is 1. The Hall–Kier alpha value is -2.81. The van der Waals surface area contributed by atoms with Crippen LogP contribution in [0.25, 0.3) is 4.96 Å². The van der Waals surface area contributed by atoms with Crippen LogP contribution in [0.15, 0.2) is 23.6 Å². The van der Waals surface area contributed by atoms with Crippen molar-refractivity contribution in [3.05, 3.63) is 55.6 Å². The summed E-state index contributed by atoms with van der Waals surface area (Å²) in [4.78, 5) is 28.9. The predicted molar refractivity (Wildman–Crippen MR) is 154 cm³/mol. The summed E-state index contributed by atoms with van der Waals surface area (Å²) >= 11 is 9.59.